The van der Waals surface area contributed by atoms with Crippen molar-refractivity contribution in [3.05, 3.63) is 66.0 Å². The molecule has 3 heteroatoms. The maximum absolute atomic E-state index is 12.4. The lowest BCUT2D eigenvalue weighted by atomic mass is 9.80. The highest BCUT2D eigenvalue weighted by Gasteiger charge is 2.22. The molecule has 1 heterocycles. The van der Waals surface area contributed by atoms with E-state index in [-0.39, 0.29) is 11.3 Å². The molecular formula is C20H26N2O. The molecule has 3 nitrogen and oxygen atoms in total. The smallest absolute Gasteiger partial charge is 0.222 e. The van der Waals surface area contributed by atoms with Crippen molar-refractivity contribution in [1.29, 1.82) is 0 Å². The Labute approximate surface area is 139 Å². The van der Waals surface area contributed by atoms with Crippen molar-refractivity contribution in [3.63, 3.8) is 0 Å². The molecule has 0 unspecified atom stereocenters. The summed E-state index contributed by atoms with van der Waals surface area (Å²) in [5.74, 6) is 0.211. The maximum Gasteiger partial charge on any atom is 0.222 e. The van der Waals surface area contributed by atoms with Crippen LogP contribution >= 0.6 is 0 Å². The second-order valence-electron chi connectivity index (χ2n) is 6.67. The summed E-state index contributed by atoms with van der Waals surface area (Å²) in [5.41, 5.74) is 2.51. The van der Waals surface area contributed by atoms with Gasteiger partial charge in [0.1, 0.15) is 0 Å². The van der Waals surface area contributed by atoms with Gasteiger partial charge in [-0.2, -0.15) is 0 Å². The Hall–Kier alpha value is -2.16. The van der Waals surface area contributed by atoms with Gasteiger partial charge < -0.3 is 4.90 Å². The Morgan fingerprint density at radius 2 is 1.74 bits per heavy atom. The summed E-state index contributed by atoms with van der Waals surface area (Å²) in [6.45, 7) is 5.15. The minimum Gasteiger partial charge on any atom is -0.345 e. The predicted molar refractivity (Wildman–Crippen MR) is 94.3 cm³/mol. The Balaban J connectivity index is 1.82. The molecule has 2 rings (SSSR count). The van der Waals surface area contributed by atoms with Gasteiger partial charge in [-0.3, -0.25) is 9.78 Å². The van der Waals surface area contributed by atoms with E-state index in [1.165, 1.54) is 11.1 Å². The van der Waals surface area contributed by atoms with Gasteiger partial charge in [0.15, 0.2) is 0 Å². The van der Waals surface area contributed by atoms with Crippen molar-refractivity contribution < 1.29 is 4.79 Å². The van der Waals surface area contributed by atoms with Crippen LogP contribution in [0.3, 0.4) is 0 Å². The zero-order valence-electron chi connectivity index (χ0n) is 14.3. The SMILES string of the molecule is CN(CCc1ccncc1)C(=O)CCC(C)(C)c1ccccc1. The van der Waals surface area contributed by atoms with Crippen LogP contribution in [0, 0.1) is 0 Å². The number of carbonyl (C=O) groups is 1. The number of pyridine rings is 1. The number of nitrogens with zero attached hydrogens (tertiary/aromatic N) is 2. The third-order valence-corrected chi connectivity index (χ3v) is 4.43. The van der Waals surface area contributed by atoms with Crippen molar-refractivity contribution in [2.24, 2.45) is 0 Å². The molecule has 0 saturated heterocycles. The number of hydrogen-bond donors (Lipinski definition) is 0. The molecule has 0 radical (unpaired) electrons. The summed E-state index contributed by atoms with van der Waals surface area (Å²) in [6, 6.07) is 14.4. The van der Waals surface area contributed by atoms with Crippen molar-refractivity contribution >= 4 is 5.91 Å². The Morgan fingerprint density at radius 3 is 2.39 bits per heavy atom. The third kappa shape index (κ3) is 5.20. The summed E-state index contributed by atoms with van der Waals surface area (Å²) < 4.78 is 0. The van der Waals surface area contributed by atoms with E-state index in [4.69, 9.17) is 0 Å². The van der Waals surface area contributed by atoms with Gasteiger partial charge >= 0.3 is 0 Å². The van der Waals surface area contributed by atoms with Crippen molar-refractivity contribution in [3.8, 4) is 0 Å². The Kier molecular flexibility index (Phi) is 5.91. The minimum atomic E-state index is 0.0167. The molecule has 23 heavy (non-hydrogen) atoms. The number of aromatic nitrogens is 1. The largest absolute Gasteiger partial charge is 0.345 e. The van der Waals surface area contributed by atoms with E-state index in [2.05, 4.69) is 43.1 Å². The summed E-state index contributed by atoms with van der Waals surface area (Å²) in [7, 11) is 1.89. The van der Waals surface area contributed by atoms with Crippen LogP contribution in [0.4, 0.5) is 0 Å². The molecule has 0 saturated carbocycles. The molecule has 0 bridgehead atoms. The normalized spacial score (nSPS) is 11.3. The zero-order valence-corrected chi connectivity index (χ0v) is 14.3. The number of likely N-dealkylation sites (N-methyl/N-ethyl adjacent to an activating group) is 1. The van der Waals surface area contributed by atoms with Gasteiger partial charge in [0.25, 0.3) is 0 Å². The van der Waals surface area contributed by atoms with E-state index in [1.807, 2.05) is 30.1 Å². The topological polar surface area (TPSA) is 33.2 Å². The molecule has 0 aliphatic heterocycles. The van der Waals surface area contributed by atoms with E-state index in [0.717, 1.165) is 19.4 Å². The standard InChI is InChI=1S/C20H26N2O/c1-20(2,18-7-5-4-6-8-18)13-9-19(23)22(3)16-12-17-10-14-21-15-11-17/h4-8,10-11,14-15H,9,12-13,16H2,1-3H3. The number of rotatable bonds is 7. The van der Waals surface area contributed by atoms with Gasteiger partial charge in [0, 0.05) is 32.4 Å². The maximum atomic E-state index is 12.4. The number of benzene rings is 1. The summed E-state index contributed by atoms with van der Waals surface area (Å²) in [5, 5.41) is 0. The second kappa shape index (κ2) is 7.91. The average molecular weight is 310 g/mol. The van der Waals surface area contributed by atoms with Gasteiger partial charge in [-0.25, -0.2) is 0 Å². The predicted octanol–water partition coefficient (Wildman–Crippen LogP) is 3.84. The molecule has 0 fully saturated rings. The van der Waals surface area contributed by atoms with Gasteiger partial charge in [-0.1, -0.05) is 44.2 Å². The highest BCUT2D eigenvalue weighted by Crippen LogP contribution is 2.28. The average Bonchev–Trinajstić information content (AvgIpc) is 2.59. The molecule has 122 valence electrons. The van der Waals surface area contributed by atoms with Crippen molar-refractivity contribution in [2.45, 2.75) is 38.5 Å². The van der Waals surface area contributed by atoms with Crippen molar-refractivity contribution in [2.75, 3.05) is 13.6 Å². The first-order valence-corrected chi connectivity index (χ1v) is 8.17. The zero-order chi connectivity index (χ0) is 16.7. The van der Waals surface area contributed by atoms with E-state index >= 15 is 0 Å². The van der Waals surface area contributed by atoms with E-state index in [1.54, 1.807) is 12.4 Å². The first kappa shape index (κ1) is 17.2. The number of amides is 1. The molecule has 1 amide bonds. The quantitative estimate of drug-likeness (QED) is 0.778. The highest BCUT2D eigenvalue weighted by atomic mass is 16.2. The first-order valence-electron chi connectivity index (χ1n) is 8.17. The van der Waals surface area contributed by atoms with E-state index < -0.39 is 0 Å². The fraction of sp³-hybridized carbons (Fsp3) is 0.400. The Morgan fingerprint density at radius 1 is 1.09 bits per heavy atom. The molecule has 0 aliphatic carbocycles. The molecule has 0 spiro atoms. The van der Waals surface area contributed by atoms with Gasteiger partial charge in [-0.15, -0.1) is 0 Å². The van der Waals surface area contributed by atoms with Crippen molar-refractivity contribution in [1.82, 2.24) is 9.88 Å². The summed E-state index contributed by atoms with van der Waals surface area (Å²) >= 11 is 0. The van der Waals surface area contributed by atoms with Gasteiger partial charge in [0.2, 0.25) is 5.91 Å². The van der Waals surface area contributed by atoms with Crippen LogP contribution in [0.2, 0.25) is 0 Å². The lowest BCUT2D eigenvalue weighted by Crippen LogP contribution is -2.30. The number of hydrogen-bond acceptors (Lipinski definition) is 2. The fourth-order valence-electron chi connectivity index (χ4n) is 2.61. The molecule has 2 aromatic rings. The van der Waals surface area contributed by atoms with Gasteiger partial charge in [0.05, 0.1) is 0 Å². The fourth-order valence-corrected chi connectivity index (χ4v) is 2.61. The Bertz CT molecular complexity index is 608. The molecule has 1 aromatic carbocycles. The van der Waals surface area contributed by atoms with Gasteiger partial charge in [-0.05, 0) is 41.5 Å². The summed E-state index contributed by atoms with van der Waals surface area (Å²) in [6.07, 6.45) is 5.89. The van der Waals surface area contributed by atoms with Crippen LogP contribution in [0.25, 0.3) is 0 Å². The molecular weight excluding hydrogens is 284 g/mol. The number of carbonyl (C=O) groups excluding carboxylic acids is 1. The minimum absolute atomic E-state index is 0.0167. The molecule has 1 aromatic heterocycles. The highest BCUT2D eigenvalue weighted by molar-refractivity contribution is 5.76. The third-order valence-electron chi connectivity index (χ3n) is 4.43. The lowest BCUT2D eigenvalue weighted by Gasteiger charge is -2.26. The lowest BCUT2D eigenvalue weighted by molar-refractivity contribution is -0.130. The summed E-state index contributed by atoms with van der Waals surface area (Å²) in [4.78, 5) is 18.2. The molecule has 0 N–H and O–H groups in total. The van der Waals surface area contributed by atoms with Crippen LogP contribution in [0.15, 0.2) is 54.9 Å². The van der Waals surface area contributed by atoms with Crippen LogP contribution in [0.5, 0.6) is 0 Å². The van der Waals surface area contributed by atoms with Crippen LogP contribution < -0.4 is 0 Å². The van der Waals surface area contributed by atoms with Crippen LogP contribution in [0.1, 0.15) is 37.8 Å². The first-order chi connectivity index (χ1) is 11.0. The monoisotopic (exact) mass is 310 g/mol. The van der Waals surface area contributed by atoms with Crippen LogP contribution in [-0.4, -0.2) is 29.4 Å². The van der Waals surface area contributed by atoms with E-state index in [9.17, 15) is 4.79 Å². The van der Waals surface area contributed by atoms with Crippen LogP contribution in [-0.2, 0) is 16.6 Å². The molecule has 0 aliphatic rings. The van der Waals surface area contributed by atoms with E-state index in [0.29, 0.717) is 6.42 Å². The molecule has 0 atom stereocenters. The second-order valence-corrected chi connectivity index (χ2v) is 6.67.